The summed E-state index contributed by atoms with van der Waals surface area (Å²) in [5.74, 6) is -0.714. The van der Waals surface area contributed by atoms with Gasteiger partial charge < -0.3 is 24.0 Å². The van der Waals surface area contributed by atoms with E-state index >= 15 is 0 Å². The Morgan fingerprint density at radius 3 is 2.37 bits per heavy atom. The highest BCUT2D eigenvalue weighted by Crippen LogP contribution is 2.34. The molecule has 12 nitrogen and oxygen atoms in total. The molecule has 4 heterocycles. The fourth-order valence-electron chi connectivity index (χ4n) is 4.93. The molecule has 2 aromatic rings. The highest BCUT2D eigenvalue weighted by molar-refractivity contribution is 7.89. The summed E-state index contributed by atoms with van der Waals surface area (Å²) in [5.41, 5.74) is 0.417. The third-order valence-electron chi connectivity index (χ3n) is 7.61. The molecule has 2 aliphatic rings. The summed E-state index contributed by atoms with van der Waals surface area (Å²) in [6.07, 6.45) is 2.96. The summed E-state index contributed by atoms with van der Waals surface area (Å²) < 4.78 is 47.7. The minimum Gasteiger partial charge on any atom is -0.463 e. The maximum absolute atomic E-state index is 14.3. The fourth-order valence-corrected chi connectivity index (χ4v) is 7.34. The highest BCUT2D eigenvalue weighted by atomic mass is 32.2. The molecule has 0 aliphatic carbocycles. The van der Waals surface area contributed by atoms with Crippen LogP contribution in [0.25, 0.3) is 5.52 Å². The lowest BCUT2D eigenvalue weighted by Gasteiger charge is -2.45. The van der Waals surface area contributed by atoms with Crippen molar-refractivity contribution in [3.05, 3.63) is 24.3 Å². The smallest absolute Gasteiger partial charge is 0.374 e. The van der Waals surface area contributed by atoms with E-state index in [0.717, 1.165) is 6.04 Å². The molecule has 0 bridgehead atoms. The van der Waals surface area contributed by atoms with E-state index in [1.807, 2.05) is 30.6 Å². The maximum atomic E-state index is 14.3. The lowest BCUT2D eigenvalue weighted by Crippen LogP contribution is -2.62. The van der Waals surface area contributed by atoms with Gasteiger partial charge in [0.1, 0.15) is 11.6 Å². The monoisotopic (exact) mass is 609 g/mol. The number of amides is 1. The molecule has 2 aliphatic heterocycles. The zero-order chi connectivity index (χ0) is 30.2. The predicted molar refractivity (Wildman–Crippen MR) is 157 cm³/mol. The summed E-state index contributed by atoms with van der Waals surface area (Å²) >= 11 is 0. The van der Waals surface area contributed by atoms with Gasteiger partial charge in [-0.3, -0.25) is 9.20 Å². The van der Waals surface area contributed by atoms with Crippen molar-refractivity contribution >= 4 is 41.2 Å². The first-order valence-electron chi connectivity index (χ1n) is 14.0. The molecule has 2 fully saturated rings. The first-order chi connectivity index (χ1) is 19.2. The number of piperazine rings is 1. The van der Waals surface area contributed by atoms with Crippen LogP contribution in [-0.4, -0.2) is 112 Å². The molecule has 2 aromatic heterocycles. The molecule has 0 spiro atoms. The van der Waals surface area contributed by atoms with E-state index in [1.54, 1.807) is 12.3 Å². The number of fused-ring (bicyclic) bond motifs is 1. The number of carbonyl (C=O) groups excluding carboxylic acids is 2. The summed E-state index contributed by atoms with van der Waals surface area (Å²) in [7, 11) is -4.22. The first kappa shape index (κ1) is 31.4. The number of pyridine rings is 1. The summed E-state index contributed by atoms with van der Waals surface area (Å²) in [5, 5.41) is 0. The Balaban J connectivity index is 1.73. The van der Waals surface area contributed by atoms with Gasteiger partial charge in [-0.05, 0) is 19.0 Å². The third-order valence-corrected chi connectivity index (χ3v) is 11.3. The van der Waals surface area contributed by atoms with Crippen LogP contribution >= 0.6 is 0 Å². The lowest BCUT2D eigenvalue weighted by atomic mass is 10.0. The number of aromatic nitrogens is 2. The minimum absolute atomic E-state index is 0.00533. The topological polar surface area (TPSA) is 123 Å². The number of nitrogens with zero attached hydrogens (tertiary/aromatic N) is 5. The van der Waals surface area contributed by atoms with Crippen LogP contribution in [0.5, 0.6) is 0 Å². The number of methoxy groups -OCH3 is 1. The molecule has 0 unspecified atom stereocenters. The van der Waals surface area contributed by atoms with Crippen LogP contribution in [0, 0.1) is 5.92 Å². The fraction of sp³-hybridized carbons (Fsp3) is 0.667. The Morgan fingerprint density at radius 2 is 1.83 bits per heavy atom. The van der Waals surface area contributed by atoms with Gasteiger partial charge in [-0.15, -0.1) is 0 Å². The largest absolute Gasteiger partial charge is 0.463 e. The van der Waals surface area contributed by atoms with Crippen LogP contribution in [-0.2, 0) is 29.0 Å². The maximum Gasteiger partial charge on any atom is 0.374 e. The molecule has 1 amide bonds. The summed E-state index contributed by atoms with van der Waals surface area (Å²) in [6, 6.07) is 2.54. The van der Waals surface area contributed by atoms with Crippen molar-refractivity contribution in [3.8, 4) is 0 Å². The van der Waals surface area contributed by atoms with E-state index in [0.29, 0.717) is 44.0 Å². The van der Waals surface area contributed by atoms with Crippen molar-refractivity contribution in [2.45, 2.75) is 56.9 Å². The van der Waals surface area contributed by atoms with Gasteiger partial charge >= 0.3 is 5.97 Å². The lowest BCUT2D eigenvalue weighted by molar-refractivity contribution is -0.134. The van der Waals surface area contributed by atoms with Crippen molar-refractivity contribution in [1.82, 2.24) is 18.6 Å². The molecule has 0 radical (unpaired) electrons. The molecule has 41 heavy (non-hydrogen) atoms. The Kier molecular flexibility index (Phi) is 9.19. The van der Waals surface area contributed by atoms with Crippen molar-refractivity contribution in [2.24, 2.45) is 5.92 Å². The third kappa shape index (κ3) is 6.61. The number of carbonyl (C=O) groups is 2. The summed E-state index contributed by atoms with van der Waals surface area (Å²) in [6.45, 7) is 15.2. The summed E-state index contributed by atoms with van der Waals surface area (Å²) in [4.78, 5) is 33.2. The number of esters is 1. The van der Waals surface area contributed by atoms with Crippen LogP contribution in [0.15, 0.2) is 23.4 Å². The molecule has 0 N–H and O–H groups in total. The number of ether oxygens (including phenoxy) is 3. The number of hydrogen-bond acceptors (Lipinski definition) is 9. The van der Waals surface area contributed by atoms with Gasteiger partial charge in [0.15, 0.2) is 0 Å². The van der Waals surface area contributed by atoms with E-state index in [-0.39, 0.29) is 42.5 Å². The number of rotatable bonds is 11. The first-order valence-corrected chi connectivity index (χ1v) is 19.1. The van der Waals surface area contributed by atoms with Gasteiger partial charge in [0.25, 0.3) is 0 Å². The van der Waals surface area contributed by atoms with Gasteiger partial charge in [0.2, 0.25) is 21.8 Å². The van der Waals surface area contributed by atoms with E-state index in [4.69, 9.17) is 14.2 Å². The van der Waals surface area contributed by atoms with Gasteiger partial charge in [0.05, 0.1) is 43.3 Å². The van der Waals surface area contributed by atoms with Gasteiger partial charge in [0, 0.05) is 53.0 Å². The number of hydrogen-bond donors (Lipinski definition) is 0. The second-order valence-corrected chi connectivity index (χ2v) is 20.0. The van der Waals surface area contributed by atoms with Crippen LogP contribution in [0.3, 0.4) is 0 Å². The quantitative estimate of drug-likeness (QED) is 0.164. The van der Waals surface area contributed by atoms with E-state index in [9.17, 15) is 18.0 Å². The van der Waals surface area contributed by atoms with E-state index < -0.39 is 29.6 Å². The molecular formula is C27H43N5O7SSi. The van der Waals surface area contributed by atoms with Crippen molar-refractivity contribution in [3.63, 3.8) is 0 Å². The second-order valence-electron chi connectivity index (χ2n) is 12.5. The Hall–Kier alpha value is -2.52. The Bertz CT molecular complexity index is 1380. The zero-order valence-corrected chi connectivity index (χ0v) is 27.0. The molecule has 0 aromatic carbocycles. The van der Waals surface area contributed by atoms with E-state index in [1.165, 1.54) is 22.0 Å². The molecule has 0 atom stereocenters. The second kappa shape index (κ2) is 12.0. The molecule has 0 saturated carbocycles. The molecule has 4 rings (SSSR count). The molecule has 2 saturated heterocycles. The molecular weight excluding hydrogens is 566 g/mol. The molecule has 228 valence electrons. The standard InChI is InChI=1S/C27H43N5O7SSi/c1-20(2)25(33)30-10-8-29(9-11-30)22-14-21(16-31-23(22)15-28-24(31)26(34)37-4)40(35,36)32(27(3)17-39-18-27)19-38-12-13-41(5,6)7/h14-16,20H,8-13,17-19H2,1-7H3. The number of sulfonamides is 1. The van der Waals surface area contributed by atoms with E-state index in [2.05, 4.69) is 24.6 Å². The number of imidazole rings is 1. The van der Waals surface area contributed by atoms with Crippen LogP contribution in [0.1, 0.15) is 31.4 Å². The normalized spacial score (nSPS) is 17.8. The number of anilines is 1. The highest BCUT2D eigenvalue weighted by Gasteiger charge is 2.47. The van der Waals surface area contributed by atoms with Crippen molar-refractivity contribution in [2.75, 3.05) is 64.7 Å². The van der Waals surface area contributed by atoms with Gasteiger partial charge in [-0.2, -0.15) is 4.31 Å². The van der Waals surface area contributed by atoms with Crippen LogP contribution in [0.2, 0.25) is 25.7 Å². The SMILES string of the molecule is COC(=O)c1ncc2c(N3CCN(C(=O)C(C)C)CC3)cc(S(=O)(=O)N(COCC[Si](C)(C)C)C3(C)COC3)cn12. The van der Waals surface area contributed by atoms with Gasteiger partial charge in [-0.25, -0.2) is 18.2 Å². The van der Waals surface area contributed by atoms with Crippen LogP contribution < -0.4 is 4.90 Å². The van der Waals surface area contributed by atoms with Crippen molar-refractivity contribution in [1.29, 1.82) is 0 Å². The Labute approximate surface area is 243 Å². The Morgan fingerprint density at radius 1 is 1.17 bits per heavy atom. The molecule has 14 heteroatoms. The van der Waals surface area contributed by atoms with Crippen molar-refractivity contribution < 1.29 is 32.2 Å². The zero-order valence-electron chi connectivity index (χ0n) is 25.2. The predicted octanol–water partition coefficient (Wildman–Crippen LogP) is 2.52. The average molecular weight is 610 g/mol. The average Bonchev–Trinajstić information content (AvgIpc) is 3.34. The van der Waals surface area contributed by atoms with Crippen LogP contribution in [0.4, 0.5) is 5.69 Å². The van der Waals surface area contributed by atoms with Gasteiger partial charge in [-0.1, -0.05) is 33.5 Å². The minimum atomic E-state index is -4.10.